The number of alkyl carbamates (subject to hydrolysis) is 1. The lowest BCUT2D eigenvalue weighted by molar-refractivity contribution is -0.139. The van der Waals surface area contributed by atoms with Crippen LogP contribution in [0.1, 0.15) is 31.9 Å². The van der Waals surface area contributed by atoms with Crippen molar-refractivity contribution in [2.75, 3.05) is 13.7 Å². The van der Waals surface area contributed by atoms with E-state index in [-0.39, 0.29) is 18.1 Å². The van der Waals surface area contributed by atoms with E-state index < -0.39 is 26.4 Å². The summed E-state index contributed by atoms with van der Waals surface area (Å²) in [6.07, 6.45) is 0.685. The first-order valence-corrected chi connectivity index (χ1v) is 12.4. The average molecular weight is 424 g/mol. The number of benzene rings is 1. The van der Waals surface area contributed by atoms with Gasteiger partial charge in [-0.15, -0.1) is 0 Å². The van der Waals surface area contributed by atoms with Crippen LogP contribution in [0.4, 0.5) is 4.79 Å². The average Bonchev–Trinajstić information content (AvgIpc) is 2.57. The SMILES string of the molecule is C=CCOC(=O)N[C@@H](Cc1cc(C)c(OC)c(O[Si](C)(C)C(C)(C)C)c1)C(=O)O. The zero-order valence-electron chi connectivity index (χ0n) is 18.4. The van der Waals surface area contributed by atoms with E-state index in [1.807, 2.05) is 13.0 Å². The van der Waals surface area contributed by atoms with Crippen LogP contribution in [-0.4, -0.2) is 45.2 Å². The van der Waals surface area contributed by atoms with Crippen LogP contribution in [0.15, 0.2) is 24.8 Å². The topological polar surface area (TPSA) is 94.1 Å². The molecular formula is C21H33NO6Si. The molecule has 0 aliphatic rings. The van der Waals surface area contributed by atoms with Crippen LogP contribution in [0.5, 0.6) is 11.5 Å². The second kappa shape index (κ2) is 9.82. The fourth-order valence-corrected chi connectivity index (χ4v) is 3.46. The van der Waals surface area contributed by atoms with Crippen molar-refractivity contribution in [1.29, 1.82) is 0 Å². The summed E-state index contributed by atoms with van der Waals surface area (Å²) in [5.41, 5.74) is 1.55. The number of methoxy groups -OCH3 is 1. The van der Waals surface area contributed by atoms with Crippen LogP contribution in [0.2, 0.25) is 18.1 Å². The number of ether oxygens (including phenoxy) is 2. The molecule has 0 aliphatic carbocycles. The van der Waals surface area contributed by atoms with Gasteiger partial charge in [0.05, 0.1) is 7.11 Å². The summed E-state index contributed by atoms with van der Waals surface area (Å²) in [5, 5.41) is 11.9. The summed E-state index contributed by atoms with van der Waals surface area (Å²) in [7, 11) is -0.557. The zero-order valence-corrected chi connectivity index (χ0v) is 19.4. The molecule has 0 fully saturated rings. The van der Waals surface area contributed by atoms with Gasteiger partial charge in [-0.1, -0.05) is 39.5 Å². The van der Waals surface area contributed by atoms with E-state index >= 15 is 0 Å². The van der Waals surface area contributed by atoms with Gasteiger partial charge in [-0.05, 0) is 42.2 Å². The highest BCUT2D eigenvalue weighted by Crippen LogP contribution is 2.41. The highest BCUT2D eigenvalue weighted by atomic mass is 28.4. The third-order valence-corrected chi connectivity index (χ3v) is 9.38. The zero-order chi connectivity index (χ0) is 22.4. The van der Waals surface area contributed by atoms with Gasteiger partial charge in [0, 0.05) is 6.42 Å². The Hall–Kier alpha value is -2.48. The number of rotatable bonds is 9. The van der Waals surface area contributed by atoms with E-state index in [0.29, 0.717) is 17.1 Å². The van der Waals surface area contributed by atoms with Crippen molar-refractivity contribution >= 4 is 20.4 Å². The van der Waals surface area contributed by atoms with Crippen LogP contribution in [0.3, 0.4) is 0 Å². The van der Waals surface area contributed by atoms with Crippen molar-refractivity contribution in [3.05, 3.63) is 35.9 Å². The Bertz CT molecular complexity index is 754. The Morgan fingerprint density at radius 3 is 2.41 bits per heavy atom. The predicted octanol–water partition coefficient (Wildman–Crippen LogP) is 4.30. The number of hydrogen-bond acceptors (Lipinski definition) is 5. The Balaban J connectivity index is 3.18. The van der Waals surface area contributed by atoms with Crippen LogP contribution in [0, 0.1) is 6.92 Å². The molecule has 162 valence electrons. The molecule has 0 bridgehead atoms. The molecule has 1 aromatic carbocycles. The molecule has 0 spiro atoms. The second-order valence-electron chi connectivity index (χ2n) is 8.43. The van der Waals surface area contributed by atoms with E-state index in [1.54, 1.807) is 13.2 Å². The minimum atomic E-state index is -2.14. The van der Waals surface area contributed by atoms with Crippen molar-refractivity contribution < 1.29 is 28.6 Å². The molecule has 0 saturated heterocycles. The molecule has 0 radical (unpaired) electrons. The Labute approximate surface area is 174 Å². The molecule has 0 aliphatic heterocycles. The van der Waals surface area contributed by atoms with Crippen molar-refractivity contribution in [2.24, 2.45) is 0 Å². The molecule has 1 aromatic rings. The van der Waals surface area contributed by atoms with Crippen molar-refractivity contribution in [2.45, 2.75) is 58.3 Å². The van der Waals surface area contributed by atoms with Gasteiger partial charge in [0.2, 0.25) is 0 Å². The molecule has 2 N–H and O–H groups in total. The molecule has 29 heavy (non-hydrogen) atoms. The fourth-order valence-electron chi connectivity index (χ4n) is 2.45. The van der Waals surface area contributed by atoms with Gasteiger partial charge in [0.25, 0.3) is 8.32 Å². The minimum absolute atomic E-state index is 0.00428. The number of carboxylic acid groups (broad SMARTS) is 1. The highest BCUT2D eigenvalue weighted by Gasteiger charge is 2.39. The van der Waals surface area contributed by atoms with Crippen molar-refractivity contribution in [1.82, 2.24) is 5.32 Å². The van der Waals surface area contributed by atoms with E-state index in [1.165, 1.54) is 6.08 Å². The lowest BCUT2D eigenvalue weighted by atomic mass is 10.0. The summed E-state index contributed by atoms with van der Waals surface area (Å²) in [4.78, 5) is 23.4. The standard InChI is InChI=1S/C21H33NO6Si/c1-9-10-27-20(25)22-16(19(23)24)12-15-11-14(2)18(26-6)17(13-15)28-29(7,8)21(3,4)5/h9,11,13,16H,1,10,12H2,2-8H3,(H,22,25)(H,23,24)/t16-/m0/s1. The smallest absolute Gasteiger partial charge is 0.408 e. The first-order valence-electron chi connectivity index (χ1n) is 9.46. The van der Waals surface area contributed by atoms with Gasteiger partial charge >= 0.3 is 12.1 Å². The normalized spacial score (nSPS) is 12.7. The maximum Gasteiger partial charge on any atom is 0.408 e. The van der Waals surface area contributed by atoms with Crippen LogP contribution in [-0.2, 0) is 16.0 Å². The first kappa shape index (κ1) is 24.6. The third kappa shape index (κ3) is 6.81. The summed E-state index contributed by atoms with van der Waals surface area (Å²) in [5.74, 6) is 0.0668. The van der Waals surface area contributed by atoms with Gasteiger partial charge < -0.3 is 24.3 Å². The molecule has 1 rings (SSSR count). The van der Waals surface area contributed by atoms with E-state index in [2.05, 4.69) is 45.8 Å². The van der Waals surface area contributed by atoms with Gasteiger partial charge in [-0.2, -0.15) is 0 Å². The summed E-state index contributed by atoms with van der Waals surface area (Å²) >= 11 is 0. The third-order valence-electron chi connectivity index (χ3n) is 5.04. The molecular weight excluding hydrogens is 390 g/mol. The fraction of sp³-hybridized carbons (Fsp3) is 0.524. The number of hydrogen-bond donors (Lipinski definition) is 2. The van der Waals surface area contributed by atoms with E-state index in [0.717, 1.165) is 5.56 Å². The number of carbonyl (C=O) groups excluding carboxylic acids is 1. The van der Waals surface area contributed by atoms with Crippen LogP contribution in [0.25, 0.3) is 0 Å². The summed E-state index contributed by atoms with van der Waals surface area (Å²) < 4.78 is 16.8. The lowest BCUT2D eigenvalue weighted by Gasteiger charge is -2.37. The molecule has 0 saturated carbocycles. The first-order chi connectivity index (χ1) is 13.3. The Morgan fingerprint density at radius 1 is 1.31 bits per heavy atom. The monoisotopic (exact) mass is 423 g/mol. The van der Waals surface area contributed by atoms with Crippen LogP contribution < -0.4 is 14.5 Å². The lowest BCUT2D eigenvalue weighted by Crippen LogP contribution is -2.44. The molecule has 1 amide bonds. The quantitative estimate of drug-likeness (QED) is 0.454. The maximum atomic E-state index is 11.8. The number of nitrogens with one attached hydrogen (secondary N) is 1. The van der Waals surface area contributed by atoms with E-state index in [4.69, 9.17) is 13.9 Å². The largest absolute Gasteiger partial charge is 0.541 e. The van der Waals surface area contributed by atoms with Crippen molar-refractivity contribution in [3.63, 3.8) is 0 Å². The Morgan fingerprint density at radius 2 is 1.93 bits per heavy atom. The minimum Gasteiger partial charge on any atom is -0.541 e. The maximum absolute atomic E-state index is 11.8. The highest BCUT2D eigenvalue weighted by molar-refractivity contribution is 6.74. The van der Waals surface area contributed by atoms with Gasteiger partial charge in [-0.25, -0.2) is 9.59 Å². The predicted molar refractivity (Wildman–Crippen MR) is 115 cm³/mol. The number of aryl methyl sites for hydroxylation is 1. The van der Waals surface area contributed by atoms with Crippen LogP contribution >= 0.6 is 0 Å². The molecule has 8 heteroatoms. The van der Waals surface area contributed by atoms with Gasteiger partial charge in [0.1, 0.15) is 18.4 Å². The number of carboxylic acids is 1. The summed E-state index contributed by atoms with van der Waals surface area (Å²) in [6, 6.07) is 2.49. The van der Waals surface area contributed by atoms with Gasteiger partial charge in [-0.3, -0.25) is 0 Å². The summed E-state index contributed by atoms with van der Waals surface area (Å²) in [6.45, 7) is 16.0. The number of amides is 1. The van der Waals surface area contributed by atoms with Crippen molar-refractivity contribution in [3.8, 4) is 11.5 Å². The number of carbonyl (C=O) groups is 2. The number of aliphatic carboxylic acids is 1. The molecule has 0 aromatic heterocycles. The second-order valence-corrected chi connectivity index (χ2v) is 13.2. The molecule has 1 atom stereocenters. The molecule has 7 nitrogen and oxygen atoms in total. The molecule has 0 heterocycles. The Kier molecular flexibility index (Phi) is 8.32. The van der Waals surface area contributed by atoms with E-state index in [9.17, 15) is 14.7 Å². The van der Waals surface area contributed by atoms with Gasteiger partial charge in [0.15, 0.2) is 5.75 Å². The molecule has 0 unspecified atom stereocenters.